The molecule has 0 aliphatic carbocycles. The molecule has 0 radical (unpaired) electrons. The molecule has 2 aromatic carbocycles. The highest BCUT2D eigenvalue weighted by Gasteiger charge is 2.27. The van der Waals surface area contributed by atoms with Crippen LogP contribution in [0.5, 0.6) is 0 Å². The molecule has 0 fully saturated rings. The molecule has 0 unspecified atom stereocenters. The molecule has 1 aliphatic heterocycles. The summed E-state index contributed by atoms with van der Waals surface area (Å²) in [5, 5.41) is 4.31. The Balaban J connectivity index is 1.74. The second-order valence-corrected chi connectivity index (χ2v) is 4.99. The van der Waals surface area contributed by atoms with Gasteiger partial charge >= 0.3 is 5.97 Å². The molecule has 0 saturated heterocycles. The standard InChI is InChI=1S/C17H16N2O2/c1-12(18-19-14-8-3-2-4-9-14)16-11-13-7-5-6-10-15(13)17(20)21-16/h2-10,16,19H,11H2,1H3/b18-12-/t16-/m0/s1. The van der Waals surface area contributed by atoms with Crippen LogP contribution in [-0.4, -0.2) is 17.8 Å². The van der Waals surface area contributed by atoms with E-state index in [0.29, 0.717) is 12.0 Å². The van der Waals surface area contributed by atoms with E-state index in [9.17, 15) is 4.79 Å². The summed E-state index contributed by atoms with van der Waals surface area (Å²) < 4.78 is 5.45. The van der Waals surface area contributed by atoms with E-state index in [1.165, 1.54) is 0 Å². The van der Waals surface area contributed by atoms with Gasteiger partial charge in [0.1, 0.15) is 6.10 Å². The molecule has 1 aliphatic rings. The molecule has 4 heteroatoms. The molecule has 0 bridgehead atoms. The normalized spacial score (nSPS) is 17.9. The first-order chi connectivity index (χ1) is 10.2. The lowest BCUT2D eigenvalue weighted by Gasteiger charge is -2.24. The van der Waals surface area contributed by atoms with Crippen molar-refractivity contribution in [1.82, 2.24) is 0 Å². The number of hydrogen-bond acceptors (Lipinski definition) is 4. The van der Waals surface area contributed by atoms with E-state index < -0.39 is 0 Å². The van der Waals surface area contributed by atoms with Crippen LogP contribution in [0.15, 0.2) is 59.7 Å². The summed E-state index contributed by atoms with van der Waals surface area (Å²) in [6.45, 7) is 1.86. The third kappa shape index (κ3) is 2.94. The number of cyclic esters (lactones) is 1. The summed E-state index contributed by atoms with van der Waals surface area (Å²) in [7, 11) is 0. The minimum atomic E-state index is -0.316. The van der Waals surface area contributed by atoms with Crippen molar-refractivity contribution in [1.29, 1.82) is 0 Å². The van der Waals surface area contributed by atoms with Gasteiger partial charge in [-0.25, -0.2) is 4.79 Å². The molecular weight excluding hydrogens is 264 g/mol. The van der Waals surface area contributed by atoms with E-state index in [2.05, 4.69) is 10.5 Å². The molecule has 0 aromatic heterocycles. The monoisotopic (exact) mass is 280 g/mol. The van der Waals surface area contributed by atoms with Gasteiger partial charge in [0.15, 0.2) is 0 Å². The Hall–Kier alpha value is -2.62. The Bertz CT molecular complexity index is 680. The van der Waals surface area contributed by atoms with Gasteiger partial charge in [0.05, 0.1) is 17.0 Å². The summed E-state index contributed by atoms with van der Waals surface area (Å²) in [6.07, 6.45) is 0.344. The van der Waals surface area contributed by atoms with Crippen LogP contribution in [0.2, 0.25) is 0 Å². The number of carbonyl (C=O) groups is 1. The number of esters is 1. The second-order valence-electron chi connectivity index (χ2n) is 4.99. The van der Waals surface area contributed by atoms with Gasteiger partial charge in [-0.3, -0.25) is 5.43 Å². The van der Waals surface area contributed by atoms with E-state index in [0.717, 1.165) is 17.0 Å². The first-order valence-corrected chi connectivity index (χ1v) is 6.88. The lowest BCUT2D eigenvalue weighted by atomic mass is 9.97. The fourth-order valence-electron chi connectivity index (χ4n) is 2.30. The SMILES string of the molecule is C/C(=N/Nc1ccccc1)[C@@H]1Cc2ccccc2C(=O)O1. The van der Waals surface area contributed by atoms with Crippen LogP contribution >= 0.6 is 0 Å². The smallest absolute Gasteiger partial charge is 0.339 e. The Morgan fingerprint density at radius 2 is 1.86 bits per heavy atom. The van der Waals surface area contributed by atoms with Crippen LogP contribution in [0.1, 0.15) is 22.8 Å². The van der Waals surface area contributed by atoms with Gasteiger partial charge < -0.3 is 4.74 Å². The average Bonchev–Trinajstić information content (AvgIpc) is 2.53. The number of para-hydroxylation sites is 1. The lowest BCUT2D eigenvalue weighted by molar-refractivity contribution is 0.0389. The molecule has 1 atom stereocenters. The lowest BCUT2D eigenvalue weighted by Crippen LogP contribution is -2.33. The molecule has 0 amide bonds. The first-order valence-electron chi connectivity index (χ1n) is 6.88. The van der Waals surface area contributed by atoms with Gasteiger partial charge in [-0.05, 0) is 30.7 Å². The number of fused-ring (bicyclic) bond motifs is 1. The number of nitrogens with one attached hydrogen (secondary N) is 1. The summed E-state index contributed by atoms with van der Waals surface area (Å²) in [4.78, 5) is 12.0. The van der Waals surface area contributed by atoms with Crippen LogP contribution in [0.3, 0.4) is 0 Å². The van der Waals surface area contributed by atoms with Crippen LogP contribution in [0, 0.1) is 0 Å². The van der Waals surface area contributed by atoms with E-state index in [1.807, 2.05) is 55.5 Å². The van der Waals surface area contributed by atoms with Crippen molar-refractivity contribution in [2.45, 2.75) is 19.4 Å². The Labute approximate surface area is 123 Å². The molecule has 0 saturated carbocycles. The molecule has 1 heterocycles. The van der Waals surface area contributed by atoms with Crippen molar-refractivity contribution in [3.05, 3.63) is 65.7 Å². The predicted molar refractivity (Wildman–Crippen MR) is 82.5 cm³/mol. The highest BCUT2D eigenvalue weighted by Crippen LogP contribution is 2.21. The zero-order chi connectivity index (χ0) is 14.7. The second kappa shape index (κ2) is 5.79. The topological polar surface area (TPSA) is 50.7 Å². The maximum atomic E-state index is 12.0. The third-order valence-corrected chi connectivity index (χ3v) is 3.49. The highest BCUT2D eigenvalue weighted by atomic mass is 16.5. The minimum absolute atomic E-state index is 0.281. The maximum Gasteiger partial charge on any atom is 0.339 e. The Morgan fingerprint density at radius 1 is 1.14 bits per heavy atom. The van der Waals surface area contributed by atoms with Crippen LogP contribution in [-0.2, 0) is 11.2 Å². The van der Waals surface area contributed by atoms with Gasteiger partial charge in [-0.1, -0.05) is 36.4 Å². The van der Waals surface area contributed by atoms with Gasteiger partial charge in [0, 0.05) is 6.42 Å². The molecule has 2 aromatic rings. The van der Waals surface area contributed by atoms with Gasteiger partial charge in [-0.15, -0.1) is 0 Å². The summed E-state index contributed by atoms with van der Waals surface area (Å²) in [6, 6.07) is 17.2. The molecule has 21 heavy (non-hydrogen) atoms. The fraction of sp³-hybridized carbons (Fsp3) is 0.176. The number of hydrazone groups is 1. The molecule has 1 N–H and O–H groups in total. The highest BCUT2D eigenvalue weighted by molar-refractivity contribution is 5.97. The third-order valence-electron chi connectivity index (χ3n) is 3.49. The summed E-state index contributed by atoms with van der Waals surface area (Å²) >= 11 is 0. The van der Waals surface area contributed by atoms with Gasteiger partial charge in [0.2, 0.25) is 0 Å². The number of rotatable bonds is 3. The van der Waals surface area contributed by atoms with Crippen LogP contribution in [0.4, 0.5) is 5.69 Å². The van der Waals surface area contributed by atoms with Crippen molar-refractivity contribution in [3.63, 3.8) is 0 Å². The van der Waals surface area contributed by atoms with Crippen molar-refractivity contribution in [2.24, 2.45) is 5.10 Å². The number of hydrogen-bond donors (Lipinski definition) is 1. The number of nitrogens with zero attached hydrogens (tertiary/aromatic N) is 1. The average molecular weight is 280 g/mol. The quantitative estimate of drug-likeness (QED) is 0.533. The zero-order valence-electron chi connectivity index (χ0n) is 11.7. The van der Waals surface area contributed by atoms with E-state index >= 15 is 0 Å². The minimum Gasteiger partial charge on any atom is -0.452 e. The van der Waals surface area contributed by atoms with Crippen molar-refractivity contribution in [3.8, 4) is 0 Å². The van der Waals surface area contributed by atoms with Gasteiger partial charge in [-0.2, -0.15) is 5.10 Å². The first kappa shape index (κ1) is 13.4. The summed E-state index contributed by atoms with van der Waals surface area (Å²) in [5.41, 5.74) is 6.29. The Morgan fingerprint density at radius 3 is 2.67 bits per heavy atom. The summed E-state index contributed by atoms with van der Waals surface area (Å²) in [5.74, 6) is -0.281. The van der Waals surface area contributed by atoms with Crippen LogP contribution in [0.25, 0.3) is 0 Å². The molecule has 0 spiro atoms. The van der Waals surface area contributed by atoms with E-state index in [4.69, 9.17) is 4.74 Å². The van der Waals surface area contributed by atoms with E-state index in [1.54, 1.807) is 6.07 Å². The molecule has 106 valence electrons. The molecule has 4 nitrogen and oxygen atoms in total. The molecule has 3 rings (SSSR count). The van der Waals surface area contributed by atoms with Crippen molar-refractivity contribution >= 4 is 17.4 Å². The van der Waals surface area contributed by atoms with E-state index in [-0.39, 0.29) is 12.1 Å². The van der Waals surface area contributed by atoms with Crippen molar-refractivity contribution < 1.29 is 9.53 Å². The largest absolute Gasteiger partial charge is 0.452 e. The number of anilines is 1. The zero-order valence-corrected chi connectivity index (χ0v) is 11.7. The number of benzene rings is 2. The maximum absolute atomic E-state index is 12.0. The van der Waals surface area contributed by atoms with Crippen molar-refractivity contribution in [2.75, 3.05) is 5.43 Å². The number of ether oxygens (including phenoxy) is 1. The van der Waals surface area contributed by atoms with Gasteiger partial charge in [0.25, 0.3) is 0 Å². The Kier molecular flexibility index (Phi) is 3.69. The molecular formula is C17H16N2O2. The fourth-order valence-corrected chi connectivity index (χ4v) is 2.30. The number of carbonyl (C=O) groups excluding carboxylic acids is 1. The predicted octanol–water partition coefficient (Wildman–Crippen LogP) is 3.26. The van der Waals surface area contributed by atoms with Crippen LogP contribution < -0.4 is 5.43 Å².